The molecule has 4 rings (SSSR count). The lowest BCUT2D eigenvalue weighted by Gasteiger charge is -2.33. The summed E-state index contributed by atoms with van der Waals surface area (Å²) >= 11 is 6.23. The van der Waals surface area contributed by atoms with Gasteiger partial charge >= 0.3 is 0 Å². The molecule has 0 aliphatic carbocycles. The molecule has 0 radical (unpaired) electrons. The maximum atomic E-state index is 14.2. The summed E-state index contributed by atoms with van der Waals surface area (Å²) in [6.45, 7) is -0.456. The maximum Gasteiger partial charge on any atom is 0.264 e. The highest BCUT2D eigenvalue weighted by molar-refractivity contribution is 7.92. The zero-order valence-electron chi connectivity index (χ0n) is 22.0. The predicted octanol–water partition coefficient (Wildman–Crippen LogP) is 4.92. The summed E-state index contributed by atoms with van der Waals surface area (Å²) in [4.78, 5) is 28.9. The summed E-state index contributed by atoms with van der Waals surface area (Å²) in [7, 11) is -2.60. The molecule has 0 aliphatic rings. The van der Waals surface area contributed by atoms with Crippen molar-refractivity contribution >= 4 is 39.1 Å². The SMILES string of the molecule is CNC(=O)C(Cc1ccccc1)N(Cc1cccc(Cl)c1)C(=O)CN(c1ccccc1)S(=O)(=O)c1ccccc1. The van der Waals surface area contributed by atoms with Crippen molar-refractivity contribution in [2.24, 2.45) is 0 Å². The van der Waals surface area contributed by atoms with Gasteiger partial charge in [0.2, 0.25) is 11.8 Å². The fourth-order valence-electron chi connectivity index (χ4n) is 4.40. The third-order valence-electron chi connectivity index (χ3n) is 6.41. The summed E-state index contributed by atoms with van der Waals surface area (Å²) in [5.74, 6) is -0.899. The average Bonchev–Trinajstić information content (AvgIpc) is 2.98. The van der Waals surface area contributed by atoms with E-state index in [1.54, 1.807) is 66.7 Å². The lowest BCUT2D eigenvalue weighted by atomic mass is 10.0. The number of para-hydroxylation sites is 1. The van der Waals surface area contributed by atoms with Crippen molar-refractivity contribution in [3.8, 4) is 0 Å². The third-order valence-corrected chi connectivity index (χ3v) is 8.44. The Labute approximate surface area is 240 Å². The standard InChI is InChI=1S/C31H30ClN3O4S/c1-33-31(37)29(21-24-12-5-2-6-13-24)34(22-25-14-11-15-26(32)20-25)30(36)23-35(27-16-7-3-8-17-27)40(38,39)28-18-9-4-10-19-28/h2-20,29H,21-23H2,1H3,(H,33,37). The van der Waals surface area contributed by atoms with E-state index in [4.69, 9.17) is 11.6 Å². The molecule has 1 atom stereocenters. The maximum absolute atomic E-state index is 14.2. The number of nitrogens with zero attached hydrogens (tertiary/aromatic N) is 2. The number of rotatable bonds is 11. The van der Waals surface area contributed by atoms with Gasteiger partial charge in [0.1, 0.15) is 12.6 Å². The van der Waals surface area contributed by atoms with Gasteiger partial charge in [-0.15, -0.1) is 0 Å². The van der Waals surface area contributed by atoms with Crippen molar-refractivity contribution in [2.45, 2.75) is 23.9 Å². The first-order chi connectivity index (χ1) is 19.3. The highest BCUT2D eigenvalue weighted by Gasteiger charge is 2.34. The van der Waals surface area contributed by atoms with Crippen molar-refractivity contribution in [3.63, 3.8) is 0 Å². The van der Waals surface area contributed by atoms with Crippen molar-refractivity contribution in [1.29, 1.82) is 0 Å². The Kier molecular flexibility index (Phi) is 9.58. The minimum absolute atomic E-state index is 0.0539. The normalized spacial score (nSPS) is 11.8. The first-order valence-electron chi connectivity index (χ1n) is 12.7. The molecule has 40 heavy (non-hydrogen) atoms. The number of halogens is 1. The molecule has 0 aliphatic heterocycles. The number of carbonyl (C=O) groups is 2. The molecule has 0 fully saturated rings. The van der Waals surface area contributed by atoms with Gasteiger partial charge in [-0.2, -0.15) is 0 Å². The molecular formula is C31H30ClN3O4S. The molecule has 0 saturated heterocycles. The van der Waals surface area contributed by atoms with Gasteiger partial charge < -0.3 is 10.2 Å². The number of benzene rings is 4. The predicted molar refractivity (Wildman–Crippen MR) is 157 cm³/mol. The highest BCUT2D eigenvalue weighted by atomic mass is 35.5. The smallest absolute Gasteiger partial charge is 0.264 e. The Morgan fingerprint density at radius 1 is 0.800 bits per heavy atom. The molecule has 1 unspecified atom stereocenters. The van der Waals surface area contributed by atoms with Crippen LogP contribution in [0.15, 0.2) is 120 Å². The Morgan fingerprint density at radius 2 is 1.38 bits per heavy atom. The Balaban J connectivity index is 1.76. The summed E-state index contributed by atoms with van der Waals surface area (Å²) < 4.78 is 28.7. The molecule has 0 aromatic heterocycles. The summed E-state index contributed by atoms with van der Waals surface area (Å²) in [6, 6.07) is 31.9. The van der Waals surface area contributed by atoms with Gasteiger partial charge in [0, 0.05) is 25.0 Å². The summed E-state index contributed by atoms with van der Waals surface area (Å²) in [5.41, 5.74) is 1.90. The molecule has 4 aromatic carbocycles. The third kappa shape index (κ3) is 7.08. The van der Waals surface area contributed by atoms with Crippen LogP contribution in [0.25, 0.3) is 0 Å². The number of anilines is 1. The minimum atomic E-state index is -4.11. The number of hydrogen-bond acceptors (Lipinski definition) is 4. The van der Waals surface area contributed by atoms with E-state index in [0.29, 0.717) is 16.3 Å². The van der Waals surface area contributed by atoms with E-state index in [9.17, 15) is 18.0 Å². The molecule has 9 heteroatoms. The van der Waals surface area contributed by atoms with Crippen LogP contribution >= 0.6 is 11.6 Å². The quantitative estimate of drug-likeness (QED) is 0.275. The molecule has 0 saturated carbocycles. The lowest BCUT2D eigenvalue weighted by molar-refractivity contribution is -0.139. The second-order valence-corrected chi connectivity index (χ2v) is 11.4. The number of sulfonamides is 1. The van der Waals surface area contributed by atoms with E-state index in [-0.39, 0.29) is 23.8 Å². The molecule has 0 heterocycles. The van der Waals surface area contributed by atoms with Gasteiger partial charge in [0.05, 0.1) is 10.6 Å². The van der Waals surface area contributed by atoms with Gasteiger partial charge in [-0.05, 0) is 47.5 Å². The van der Waals surface area contributed by atoms with Gasteiger partial charge in [-0.25, -0.2) is 8.42 Å². The molecule has 2 amide bonds. The zero-order valence-corrected chi connectivity index (χ0v) is 23.6. The first-order valence-corrected chi connectivity index (χ1v) is 14.5. The second kappa shape index (κ2) is 13.3. The van der Waals surface area contributed by atoms with E-state index in [1.807, 2.05) is 36.4 Å². The van der Waals surface area contributed by atoms with Crippen LogP contribution in [0, 0.1) is 0 Å². The average molecular weight is 576 g/mol. The van der Waals surface area contributed by atoms with E-state index >= 15 is 0 Å². The van der Waals surface area contributed by atoms with Gasteiger partial charge in [0.15, 0.2) is 0 Å². The number of amides is 2. The Morgan fingerprint density at radius 3 is 1.98 bits per heavy atom. The van der Waals surface area contributed by atoms with Crippen molar-refractivity contribution in [2.75, 3.05) is 17.9 Å². The van der Waals surface area contributed by atoms with Gasteiger partial charge in [-0.1, -0.05) is 90.5 Å². The molecule has 206 valence electrons. The molecule has 4 aromatic rings. The molecule has 0 spiro atoms. The van der Waals surface area contributed by atoms with Gasteiger partial charge in [0.25, 0.3) is 10.0 Å². The fraction of sp³-hybridized carbons (Fsp3) is 0.161. The van der Waals surface area contributed by atoms with Crippen LogP contribution in [0.5, 0.6) is 0 Å². The van der Waals surface area contributed by atoms with Crippen molar-refractivity contribution in [1.82, 2.24) is 10.2 Å². The molecular weight excluding hydrogens is 546 g/mol. The Bertz CT molecular complexity index is 1530. The molecule has 7 nitrogen and oxygen atoms in total. The largest absolute Gasteiger partial charge is 0.357 e. The first kappa shape index (κ1) is 28.9. The van der Waals surface area contributed by atoms with Crippen LogP contribution in [-0.4, -0.2) is 44.8 Å². The van der Waals surface area contributed by atoms with Crippen LogP contribution in [0.2, 0.25) is 5.02 Å². The number of likely N-dealkylation sites (N-methyl/N-ethyl adjacent to an activating group) is 1. The van der Waals surface area contributed by atoms with Crippen molar-refractivity contribution < 1.29 is 18.0 Å². The van der Waals surface area contributed by atoms with Crippen LogP contribution in [0.1, 0.15) is 11.1 Å². The van der Waals surface area contributed by atoms with E-state index in [2.05, 4.69) is 5.32 Å². The second-order valence-electron chi connectivity index (χ2n) is 9.13. The Hall–Kier alpha value is -4.14. The minimum Gasteiger partial charge on any atom is -0.357 e. The summed E-state index contributed by atoms with van der Waals surface area (Å²) in [6.07, 6.45) is 0.240. The highest BCUT2D eigenvalue weighted by Crippen LogP contribution is 2.25. The van der Waals surface area contributed by atoms with Crippen LogP contribution in [-0.2, 0) is 32.6 Å². The zero-order chi connectivity index (χ0) is 28.5. The topological polar surface area (TPSA) is 86.8 Å². The fourth-order valence-corrected chi connectivity index (χ4v) is 6.04. The number of nitrogens with one attached hydrogen (secondary N) is 1. The van der Waals surface area contributed by atoms with Crippen LogP contribution in [0.3, 0.4) is 0 Å². The lowest BCUT2D eigenvalue weighted by Crippen LogP contribution is -2.53. The molecule has 0 bridgehead atoms. The van der Waals surface area contributed by atoms with Crippen LogP contribution < -0.4 is 9.62 Å². The molecule has 1 N–H and O–H groups in total. The number of hydrogen-bond donors (Lipinski definition) is 1. The summed E-state index contributed by atoms with van der Waals surface area (Å²) in [5, 5.41) is 3.16. The van der Waals surface area contributed by atoms with Gasteiger partial charge in [-0.3, -0.25) is 13.9 Å². The van der Waals surface area contributed by atoms with E-state index < -0.39 is 28.5 Å². The van der Waals surface area contributed by atoms with E-state index in [0.717, 1.165) is 9.87 Å². The number of carbonyl (C=O) groups excluding carboxylic acids is 2. The van der Waals surface area contributed by atoms with E-state index in [1.165, 1.54) is 24.1 Å². The van der Waals surface area contributed by atoms with Crippen LogP contribution in [0.4, 0.5) is 5.69 Å². The monoisotopic (exact) mass is 575 g/mol. The van der Waals surface area contributed by atoms with Crippen molar-refractivity contribution in [3.05, 3.63) is 131 Å².